The van der Waals surface area contributed by atoms with Crippen molar-refractivity contribution in [3.8, 4) is 11.5 Å². The first kappa shape index (κ1) is 14.3. The van der Waals surface area contributed by atoms with Gasteiger partial charge >= 0.3 is 0 Å². The van der Waals surface area contributed by atoms with Crippen LogP contribution >= 0.6 is 11.6 Å². The lowest BCUT2D eigenvalue weighted by Crippen LogP contribution is -1.99. The van der Waals surface area contributed by atoms with Crippen molar-refractivity contribution in [2.45, 2.75) is 6.61 Å². The highest BCUT2D eigenvalue weighted by Gasteiger charge is 2.07. The molecule has 0 amide bonds. The summed E-state index contributed by atoms with van der Waals surface area (Å²) in [7, 11) is 1.40. The lowest BCUT2D eigenvalue weighted by molar-refractivity contribution is 0.111. The van der Waals surface area contributed by atoms with E-state index in [-0.39, 0.29) is 12.4 Å². The summed E-state index contributed by atoms with van der Waals surface area (Å²) in [5.74, 6) is 0.120. The second-order valence-corrected chi connectivity index (χ2v) is 4.49. The molecule has 0 saturated carbocycles. The minimum absolute atomic E-state index is 0.142. The molecule has 0 aliphatic heterocycles. The van der Waals surface area contributed by atoms with E-state index in [0.29, 0.717) is 28.2 Å². The molecule has 20 heavy (non-hydrogen) atoms. The second kappa shape index (κ2) is 6.39. The molecule has 0 atom stereocenters. The minimum Gasteiger partial charge on any atom is -0.494 e. The maximum atomic E-state index is 13.5. The second-order valence-electron chi connectivity index (χ2n) is 4.06. The van der Waals surface area contributed by atoms with Gasteiger partial charge in [0.15, 0.2) is 17.9 Å². The van der Waals surface area contributed by atoms with Crippen LogP contribution in [-0.2, 0) is 6.61 Å². The van der Waals surface area contributed by atoms with Crippen LogP contribution in [-0.4, -0.2) is 13.4 Å². The van der Waals surface area contributed by atoms with E-state index >= 15 is 0 Å². The van der Waals surface area contributed by atoms with Gasteiger partial charge in [-0.2, -0.15) is 0 Å². The van der Waals surface area contributed by atoms with Gasteiger partial charge in [0, 0.05) is 5.02 Å². The summed E-state index contributed by atoms with van der Waals surface area (Å²) in [5, 5.41) is 0.454. The lowest BCUT2D eigenvalue weighted by Gasteiger charge is -2.09. The Labute approximate surface area is 120 Å². The predicted octanol–water partition coefficient (Wildman–Crippen LogP) is 3.88. The molecule has 0 radical (unpaired) electrons. The SMILES string of the molecule is COc1ccc(COc2ccc(Cl)cc2C=O)cc1F. The van der Waals surface area contributed by atoms with Crippen LogP contribution in [0.15, 0.2) is 36.4 Å². The van der Waals surface area contributed by atoms with Gasteiger partial charge in [0.25, 0.3) is 0 Å². The van der Waals surface area contributed by atoms with Crippen molar-refractivity contribution in [1.82, 2.24) is 0 Å². The molecule has 0 unspecified atom stereocenters. The Hall–Kier alpha value is -2.07. The third-order valence-electron chi connectivity index (χ3n) is 2.71. The van der Waals surface area contributed by atoms with Crippen LogP contribution in [0.25, 0.3) is 0 Å². The molecule has 2 aromatic rings. The first-order valence-corrected chi connectivity index (χ1v) is 6.22. The summed E-state index contributed by atoms with van der Waals surface area (Å²) in [5.41, 5.74) is 0.988. The third-order valence-corrected chi connectivity index (χ3v) is 2.94. The van der Waals surface area contributed by atoms with Gasteiger partial charge in [-0.15, -0.1) is 0 Å². The number of halogens is 2. The minimum atomic E-state index is -0.458. The Balaban J connectivity index is 2.12. The van der Waals surface area contributed by atoms with Crippen LogP contribution in [0.2, 0.25) is 5.02 Å². The molecule has 3 nitrogen and oxygen atoms in total. The van der Waals surface area contributed by atoms with Crippen LogP contribution in [0.5, 0.6) is 11.5 Å². The highest BCUT2D eigenvalue weighted by atomic mass is 35.5. The largest absolute Gasteiger partial charge is 0.494 e. The summed E-state index contributed by atoms with van der Waals surface area (Å²) < 4.78 is 23.9. The average Bonchev–Trinajstić information content (AvgIpc) is 2.46. The predicted molar refractivity (Wildman–Crippen MR) is 74.1 cm³/mol. The van der Waals surface area contributed by atoms with Crippen LogP contribution < -0.4 is 9.47 Å². The summed E-state index contributed by atoms with van der Waals surface area (Å²) in [6.45, 7) is 0.142. The smallest absolute Gasteiger partial charge is 0.165 e. The van der Waals surface area contributed by atoms with Crippen LogP contribution in [0, 0.1) is 5.82 Å². The maximum absolute atomic E-state index is 13.5. The molecule has 0 aliphatic rings. The number of ether oxygens (including phenoxy) is 2. The van der Waals surface area contributed by atoms with Crippen LogP contribution in [0.1, 0.15) is 15.9 Å². The molecule has 0 fully saturated rings. The van der Waals surface area contributed by atoms with Gasteiger partial charge in [0.2, 0.25) is 0 Å². The molecule has 0 aromatic heterocycles. The van der Waals surface area contributed by atoms with Gasteiger partial charge in [0.1, 0.15) is 12.4 Å². The Kier molecular flexibility index (Phi) is 4.58. The van der Waals surface area contributed by atoms with Gasteiger partial charge in [0.05, 0.1) is 12.7 Å². The fourth-order valence-corrected chi connectivity index (χ4v) is 1.88. The monoisotopic (exact) mass is 294 g/mol. The molecule has 5 heteroatoms. The molecular formula is C15H12ClFO3. The fraction of sp³-hybridized carbons (Fsp3) is 0.133. The zero-order valence-electron chi connectivity index (χ0n) is 10.7. The summed E-state index contributed by atoms with van der Waals surface area (Å²) >= 11 is 5.79. The molecule has 2 aromatic carbocycles. The summed E-state index contributed by atoms with van der Waals surface area (Å²) in [4.78, 5) is 10.9. The number of carbonyl (C=O) groups is 1. The normalized spacial score (nSPS) is 10.2. The number of rotatable bonds is 5. The van der Waals surface area contributed by atoms with Crippen LogP contribution in [0.3, 0.4) is 0 Å². The molecule has 0 saturated heterocycles. The van der Waals surface area contributed by atoms with Crippen LogP contribution in [0.4, 0.5) is 4.39 Å². The van der Waals surface area contributed by atoms with E-state index in [2.05, 4.69) is 0 Å². The number of hydrogen-bond acceptors (Lipinski definition) is 3. The van der Waals surface area contributed by atoms with Crippen molar-refractivity contribution >= 4 is 17.9 Å². The van der Waals surface area contributed by atoms with Crippen molar-refractivity contribution in [2.75, 3.05) is 7.11 Å². The quantitative estimate of drug-likeness (QED) is 0.785. The number of carbonyl (C=O) groups excluding carboxylic acids is 1. The van der Waals surface area contributed by atoms with Crippen molar-refractivity contribution in [3.05, 3.63) is 58.4 Å². The zero-order chi connectivity index (χ0) is 14.5. The molecule has 0 heterocycles. The summed E-state index contributed by atoms with van der Waals surface area (Å²) in [6.07, 6.45) is 0.663. The summed E-state index contributed by atoms with van der Waals surface area (Å²) in [6, 6.07) is 9.28. The van der Waals surface area contributed by atoms with Crippen molar-refractivity contribution in [2.24, 2.45) is 0 Å². The molecule has 104 valence electrons. The first-order chi connectivity index (χ1) is 9.63. The van der Waals surface area contributed by atoms with Gasteiger partial charge in [-0.25, -0.2) is 4.39 Å². The van der Waals surface area contributed by atoms with Gasteiger partial charge in [-0.3, -0.25) is 4.79 Å². The van der Waals surface area contributed by atoms with E-state index < -0.39 is 5.82 Å². The molecule has 0 bridgehead atoms. The highest BCUT2D eigenvalue weighted by molar-refractivity contribution is 6.30. The maximum Gasteiger partial charge on any atom is 0.165 e. The lowest BCUT2D eigenvalue weighted by atomic mass is 10.2. The molecular weight excluding hydrogens is 283 g/mol. The molecule has 0 aliphatic carbocycles. The topological polar surface area (TPSA) is 35.5 Å². The van der Waals surface area contributed by atoms with Crippen molar-refractivity contribution < 1.29 is 18.7 Å². The number of aldehydes is 1. The molecule has 0 spiro atoms. The number of hydrogen-bond donors (Lipinski definition) is 0. The Morgan fingerprint density at radius 2 is 1.95 bits per heavy atom. The van der Waals surface area contributed by atoms with Crippen molar-refractivity contribution in [1.29, 1.82) is 0 Å². The number of benzene rings is 2. The van der Waals surface area contributed by atoms with E-state index in [0.717, 1.165) is 0 Å². The zero-order valence-corrected chi connectivity index (χ0v) is 11.5. The van der Waals surface area contributed by atoms with E-state index in [1.165, 1.54) is 25.3 Å². The Bertz CT molecular complexity index is 629. The van der Waals surface area contributed by atoms with E-state index in [4.69, 9.17) is 21.1 Å². The Morgan fingerprint density at radius 3 is 2.60 bits per heavy atom. The molecule has 0 N–H and O–H groups in total. The van der Waals surface area contributed by atoms with E-state index in [1.807, 2.05) is 0 Å². The number of methoxy groups -OCH3 is 1. The Morgan fingerprint density at radius 1 is 1.20 bits per heavy atom. The first-order valence-electron chi connectivity index (χ1n) is 5.84. The van der Waals surface area contributed by atoms with Gasteiger partial charge in [-0.1, -0.05) is 17.7 Å². The highest BCUT2D eigenvalue weighted by Crippen LogP contribution is 2.23. The molecule has 2 rings (SSSR count). The van der Waals surface area contributed by atoms with E-state index in [1.54, 1.807) is 18.2 Å². The van der Waals surface area contributed by atoms with E-state index in [9.17, 15) is 9.18 Å². The third kappa shape index (κ3) is 3.27. The standard InChI is InChI=1S/C15H12ClFO3/c1-19-15-4-2-10(6-13(15)17)9-20-14-5-3-12(16)7-11(14)8-18/h2-8H,9H2,1H3. The average molecular weight is 295 g/mol. The fourth-order valence-electron chi connectivity index (χ4n) is 1.70. The van der Waals surface area contributed by atoms with Gasteiger partial charge < -0.3 is 9.47 Å². The van der Waals surface area contributed by atoms with Crippen molar-refractivity contribution in [3.63, 3.8) is 0 Å². The van der Waals surface area contributed by atoms with Gasteiger partial charge in [-0.05, 0) is 35.9 Å².